The summed E-state index contributed by atoms with van der Waals surface area (Å²) in [6.45, 7) is 7.48. The minimum atomic E-state index is -0.230. The summed E-state index contributed by atoms with van der Waals surface area (Å²) in [5, 5.41) is 6.41. The van der Waals surface area contributed by atoms with E-state index in [0.29, 0.717) is 11.7 Å². The summed E-state index contributed by atoms with van der Waals surface area (Å²) in [5.41, 5.74) is -0.230. The van der Waals surface area contributed by atoms with E-state index in [0.717, 1.165) is 0 Å². The molecule has 78 valence electrons. The molecule has 1 heterocycles. The van der Waals surface area contributed by atoms with Crippen molar-refractivity contribution < 1.29 is 9.32 Å². The van der Waals surface area contributed by atoms with Gasteiger partial charge in [-0.3, -0.25) is 4.79 Å². The van der Waals surface area contributed by atoms with E-state index in [1.54, 1.807) is 6.92 Å². The Bertz CT molecular complexity index is 325. The lowest BCUT2D eigenvalue weighted by Crippen LogP contribution is -2.41. The van der Waals surface area contributed by atoms with Crippen molar-refractivity contribution in [3.8, 4) is 0 Å². The molecule has 0 bridgehead atoms. The average Bonchev–Trinajstić information content (AvgIpc) is 2.30. The van der Waals surface area contributed by atoms with E-state index in [-0.39, 0.29) is 17.9 Å². The van der Waals surface area contributed by atoms with Crippen LogP contribution >= 0.6 is 0 Å². The van der Waals surface area contributed by atoms with E-state index in [2.05, 4.69) is 15.5 Å². The fraction of sp³-hybridized carbons (Fsp3) is 0.667. The van der Waals surface area contributed by atoms with E-state index in [1.165, 1.54) is 0 Å². The molecule has 5 nitrogen and oxygen atoms in total. The Balaban J connectivity index is 2.50. The summed E-state index contributed by atoms with van der Waals surface area (Å²) in [7, 11) is 0. The minimum Gasteiger partial charge on any atom is -0.351 e. The molecular formula is C9H15N3O2. The highest BCUT2D eigenvalue weighted by Crippen LogP contribution is 2.01. The third-order valence-corrected chi connectivity index (χ3v) is 1.40. The van der Waals surface area contributed by atoms with Gasteiger partial charge in [-0.25, -0.2) is 0 Å². The molecule has 0 aliphatic heterocycles. The third kappa shape index (κ3) is 3.55. The largest absolute Gasteiger partial charge is 0.351 e. The Morgan fingerprint density at radius 2 is 2.14 bits per heavy atom. The van der Waals surface area contributed by atoms with Crippen molar-refractivity contribution in [2.75, 3.05) is 0 Å². The van der Waals surface area contributed by atoms with Gasteiger partial charge in [-0.2, -0.15) is 4.98 Å². The lowest BCUT2D eigenvalue weighted by atomic mass is 10.1. The summed E-state index contributed by atoms with van der Waals surface area (Å²) in [5.74, 6) is 0.786. The zero-order chi connectivity index (χ0) is 10.8. The van der Waals surface area contributed by atoms with Crippen LogP contribution in [0.4, 0.5) is 0 Å². The molecule has 0 fully saturated rings. The van der Waals surface area contributed by atoms with Crippen molar-refractivity contribution in [3.05, 3.63) is 11.7 Å². The molecule has 1 rings (SSSR count). The number of hydrogen-bond acceptors (Lipinski definition) is 4. The highest BCUT2D eigenvalue weighted by Gasteiger charge is 2.16. The Hall–Kier alpha value is -1.39. The maximum atomic E-state index is 11.4. The van der Waals surface area contributed by atoms with Crippen molar-refractivity contribution in [1.29, 1.82) is 0 Å². The normalized spacial score (nSPS) is 11.4. The second-order valence-corrected chi connectivity index (χ2v) is 4.21. The number of aromatic nitrogens is 2. The van der Waals surface area contributed by atoms with E-state index < -0.39 is 0 Å². The van der Waals surface area contributed by atoms with Gasteiger partial charge in [-0.15, -0.1) is 0 Å². The van der Waals surface area contributed by atoms with Gasteiger partial charge < -0.3 is 9.84 Å². The standard InChI is InChI=1S/C9H15N3O2/c1-6-10-8(14-12-6)5-7(13)11-9(2,3)4/h5H2,1-4H3,(H,11,13). The van der Waals surface area contributed by atoms with E-state index in [4.69, 9.17) is 4.52 Å². The molecule has 0 spiro atoms. The van der Waals surface area contributed by atoms with Crippen molar-refractivity contribution >= 4 is 5.91 Å². The van der Waals surface area contributed by atoms with Crippen molar-refractivity contribution in [2.45, 2.75) is 39.7 Å². The first kappa shape index (κ1) is 10.7. The summed E-state index contributed by atoms with van der Waals surface area (Å²) < 4.78 is 4.83. The fourth-order valence-corrected chi connectivity index (χ4v) is 1.01. The first-order valence-electron chi connectivity index (χ1n) is 4.47. The summed E-state index contributed by atoms with van der Waals surface area (Å²) in [6, 6.07) is 0. The Morgan fingerprint density at radius 1 is 1.50 bits per heavy atom. The zero-order valence-corrected chi connectivity index (χ0v) is 8.92. The first-order valence-corrected chi connectivity index (χ1v) is 4.47. The number of nitrogens with one attached hydrogen (secondary N) is 1. The van der Waals surface area contributed by atoms with E-state index in [9.17, 15) is 4.79 Å². The van der Waals surface area contributed by atoms with Gasteiger partial charge in [-0.05, 0) is 27.7 Å². The van der Waals surface area contributed by atoms with Gasteiger partial charge >= 0.3 is 0 Å². The van der Waals surface area contributed by atoms with Crippen molar-refractivity contribution in [3.63, 3.8) is 0 Å². The molecule has 14 heavy (non-hydrogen) atoms. The summed E-state index contributed by atoms with van der Waals surface area (Å²) in [4.78, 5) is 15.3. The van der Waals surface area contributed by atoms with E-state index in [1.807, 2.05) is 20.8 Å². The van der Waals surface area contributed by atoms with Gasteiger partial charge in [0, 0.05) is 5.54 Å². The number of aryl methyl sites for hydroxylation is 1. The quantitative estimate of drug-likeness (QED) is 0.762. The van der Waals surface area contributed by atoms with Crippen LogP contribution in [-0.4, -0.2) is 21.6 Å². The number of nitrogens with zero attached hydrogens (tertiary/aromatic N) is 2. The smallest absolute Gasteiger partial charge is 0.236 e. The molecule has 0 unspecified atom stereocenters. The lowest BCUT2D eigenvalue weighted by Gasteiger charge is -2.19. The molecule has 0 aliphatic carbocycles. The highest BCUT2D eigenvalue weighted by atomic mass is 16.5. The van der Waals surface area contributed by atoms with Crippen LogP contribution in [-0.2, 0) is 11.2 Å². The molecule has 1 N–H and O–H groups in total. The average molecular weight is 197 g/mol. The lowest BCUT2D eigenvalue weighted by molar-refractivity contribution is -0.122. The maximum absolute atomic E-state index is 11.4. The van der Waals surface area contributed by atoms with Gasteiger partial charge in [0.15, 0.2) is 5.82 Å². The van der Waals surface area contributed by atoms with Crippen LogP contribution < -0.4 is 5.32 Å². The molecule has 0 radical (unpaired) electrons. The molecule has 0 aliphatic rings. The monoisotopic (exact) mass is 197 g/mol. The van der Waals surface area contributed by atoms with Crippen molar-refractivity contribution in [1.82, 2.24) is 15.5 Å². The molecule has 1 aromatic rings. The molecule has 5 heteroatoms. The van der Waals surface area contributed by atoms with E-state index >= 15 is 0 Å². The van der Waals surface area contributed by atoms with Crippen LogP contribution in [0, 0.1) is 6.92 Å². The molecule has 0 saturated heterocycles. The van der Waals surface area contributed by atoms with Gasteiger partial charge in [0.05, 0.1) is 0 Å². The van der Waals surface area contributed by atoms with Crippen LogP contribution in [0.25, 0.3) is 0 Å². The highest BCUT2D eigenvalue weighted by molar-refractivity contribution is 5.78. The predicted octanol–water partition coefficient (Wildman–Crippen LogP) is 0.835. The third-order valence-electron chi connectivity index (χ3n) is 1.40. The van der Waals surface area contributed by atoms with Gasteiger partial charge in [0.25, 0.3) is 0 Å². The van der Waals surface area contributed by atoms with Crippen LogP contribution in [0.15, 0.2) is 4.52 Å². The second kappa shape index (κ2) is 3.77. The predicted molar refractivity (Wildman–Crippen MR) is 50.6 cm³/mol. The van der Waals surface area contributed by atoms with Gasteiger partial charge in [0.2, 0.25) is 11.8 Å². The topological polar surface area (TPSA) is 68.0 Å². The Morgan fingerprint density at radius 3 is 2.57 bits per heavy atom. The second-order valence-electron chi connectivity index (χ2n) is 4.21. The Labute approximate surface area is 82.9 Å². The molecule has 0 saturated carbocycles. The Kier molecular flexibility index (Phi) is 2.88. The van der Waals surface area contributed by atoms with Crippen molar-refractivity contribution in [2.24, 2.45) is 0 Å². The molecule has 0 aromatic carbocycles. The van der Waals surface area contributed by atoms with Crippen LogP contribution in [0.1, 0.15) is 32.5 Å². The number of carbonyl (C=O) groups excluding carboxylic acids is 1. The summed E-state index contributed by atoms with van der Waals surface area (Å²) in [6.07, 6.45) is 0.137. The number of hydrogen-bond donors (Lipinski definition) is 1. The zero-order valence-electron chi connectivity index (χ0n) is 8.92. The fourth-order valence-electron chi connectivity index (χ4n) is 1.01. The SMILES string of the molecule is Cc1noc(CC(=O)NC(C)(C)C)n1. The molecule has 1 aromatic heterocycles. The van der Waals surface area contributed by atoms with Crippen LogP contribution in [0.5, 0.6) is 0 Å². The number of rotatable bonds is 2. The maximum Gasteiger partial charge on any atom is 0.236 e. The number of amides is 1. The summed E-state index contributed by atoms with van der Waals surface area (Å²) >= 11 is 0. The molecular weight excluding hydrogens is 182 g/mol. The van der Waals surface area contributed by atoms with Gasteiger partial charge in [0.1, 0.15) is 6.42 Å². The minimum absolute atomic E-state index is 0.110. The number of carbonyl (C=O) groups is 1. The van der Waals surface area contributed by atoms with Crippen LogP contribution in [0.2, 0.25) is 0 Å². The van der Waals surface area contributed by atoms with Gasteiger partial charge in [-0.1, -0.05) is 5.16 Å². The first-order chi connectivity index (χ1) is 6.37. The molecule has 0 atom stereocenters. The molecule has 1 amide bonds. The van der Waals surface area contributed by atoms with Crippen LogP contribution in [0.3, 0.4) is 0 Å².